The average Bonchev–Trinajstić information content (AvgIpc) is 2.80. The van der Waals surface area contributed by atoms with Gasteiger partial charge in [0.05, 0.1) is 17.9 Å². The first-order chi connectivity index (χ1) is 8.36. The van der Waals surface area contributed by atoms with Gasteiger partial charge in [0.2, 0.25) is 0 Å². The molecule has 0 N–H and O–H groups in total. The molecule has 4 nitrogen and oxygen atoms in total. The molecule has 18 heavy (non-hydrogen) atoms. The normalized spacial score (nSPS) is 21.5. The minimum absolute atomic E-state index is 0.328. The highest BCUT2D eigenvalue weighted by Crippen LogP contribution is 2.36. The van der Waals surface area contributed by atoms with E-state index in [9.17, 15) is 4.39 Å². The van der Waals surface area contributed by atoms with Gasteiger partial charge < -0.3 is 9.31 Å². The van der Waals surface area contributed by atoms with Crippen LogP contribution >= 0.6 is 0 Å². The van der Waals surface area contributed by atoms with Gasteiger partial charge in [0.25, 0.3) is 0 Å². The molecule has 2 heterocycles. The van der Waals surface area contributed by atoms with Crippen molar-refractivity contribution in [2.45, 2.75) is 51.9 Å². The summed E-state index contributed by atoms with van der Waals surface area (Å²) in [5, 5.41) is 4.18. The van der Waals surface area contributed by atoms with Crippen molar-refractivity contribution in [1.29, 1.82) is 0 Å². The van der Waals surface area contributed by atoms with Gasteiger partial charge in [-0.15, -0.1) is 0 Å². The second kappa shape index (κ2) is 4.66. The summed E-state index contributed by atoms with van der Waals surface area (Å²) in [5.74, 6) is 0. The molecule has 100 valence electrons. The summed E-state index contributed by atoms with van der Waals surface area (Å²) < 4.78 is 25.7. The van der Waals surface area contributed by atoms with Crippen LogP contribution in [0.3, 0.4) is 0 Å². The van der Waals surface area contributed by atoms with E-state index in [0.29, 0.717) is 13.0 Å². The van der Waals surface area contributed by atoms with Crippen LogP contribution in [-0.4, -0.2) is 34.8 Å². The topological polar surface area (TPSA) is 36.3 Å². The molecule has 1 aliphatic heterocycles. The maximum Gasteiger partial charge on any atom is 0.498 e. The van der Waals surface area contributed by atoms with Crippen LogP contribution in [0.15, 0.2) is 12.4 Å². The molecular weight excluding hydrogens is 234 g/mol. The Hall–Kier alpha value is -0.875. The van der Waals surface area contributed by atoms with Crippen molar-refractivity contribution in [3.63, 3.8) is 0 Å². The van der Waals surface area contributed by atoms with Crippen LogP contribution in [0.5, 0.6) is 0 Å². The molecule has 0 bridgehead atoms. The van der Waals surface area contributed by atoms with Crippen molar-refractivity contribution in [2.24, 2.45) is 0 Å². The molecule has 0 aliphatic carbocycles. The molecule has 0 atom stereocenters. The number of hydrogen-bond donors (Lipinski definition) is 0. The third-order valence-electron chi connectivity index (χ3n) is 3.70. The van der Waals surface area contributed by atoms with Gasteiger partial charge in [0.1, 0.15) is 0 Å². The lowest BCUT2D eigenvalue weighted by atomic mass is 9.82. The van der Waals surface area contributed by atoms with E-state index in [1.54, 1.807) is 10.9 Å². The molecule has 1 aliphatic rings. The van der Waals surface area contributed by atoms with E-state index in [4.69, 9.17) is 9.31 Å². The van der Waals surface area contributed by atoms with Crippen molar-refractivity contribution < 1.29 is 13.7 Å². The summed E-state index contributed by atoms with van der Waals surface area (Å²) in [4.78, 5) is 0. The van der Waals surface area contributed by atoms with E-state index in [1.807, 2.05) is 33.9 Å². The molecule has 1 fully saturated rings. The largest absolute Gasteiger partial charge is 0.498 e. The monoisotopic (exact) mass is 254 g/mol. The third-order valence-corrected chi connectivity index (χ3v) is 3.70. The Kier molecular flexibility index (Phi) is 3.51. The summed E-state index contributed by atoms with van der Waals surface area (Å²) in [5.41, 5.74) is 0.185. The lowest BCUT2D eigenvalue weighted by Crippen LogP contribution is -2.41. The molecule has 1 saturated heterocycles. The number of nitrogens with zero attached hydrogens (tertiary/aromatic N) is 2. The smallest absolute Gasteiger partial charge is 0.399 e. The second-order valence-corrected chi connectivity index (χ2v) is 5.67. The molecule has 2 rings (SSSR count). The van der Waals surface area contributed by atoms with Gasteiger partial charge in [-0.1, -0.05) is 0 Å². The Morgan fingerprint density at radius 1 is 1.28 bits per heavy atom. The highest BCUT2D eigenvalue weighted by atomic mass is 19.1. The van der Waals surface area contributed by atoms with E-state index in [0.717, 1.165) is 5.46 Å². The summed E-state index contributed by atoms with van der Waals surface area (Å²) in [6.07, 6.45) is 4.06. The van der Waals surface area contributed by atoms with Crippen LogP contribution in [0.25, 0.3) is 0 Å². The fraction of sp³-hybridized carbons (Fsp3) is 0.750. The maximum atomic E-state index is 12.1. The quantitative estimate of drug-likeness (QED) is 0.765. The van der Waals surface area contributed by atoms with Crippen LogP contribution < -0.4 is 5.46 Å². The third kappa shape index (κ3) is 2.45. The molecule has 6 heteroatoms. The van der Waals surface area contributed by atoms with Gasteiger partial charge in [0.15, 0.2) is 0 Å². The van der Waals surface area contributed by atoms with E-state index >= 15 is 0 Å². The van der Waals surface area contributed by atoms with E-state index in [-0.39, 0.29) is 17.9 Å². The molecule has 0 spiro atoms. The van der Waals surface area contributed by atoms with Crippen molar-refractivity contribution in [2.75, 3.05) is 6.67 Å². The van der Waals surface area contributed by atoms with Gasteiger partial charge >= 0.3 is 7.12 Å². The number of aryl methyl sites for hydroxylation is 1. The van der Waals surface area contributed by atoms with Crippen molar-refractivity contribution in [3.05, 3.63) is 12.4 Å². The predicted molar refractivity (Wildman–Crippen MR) is 68.5 cm³/mol. The Bertz CT molecular complexity index is 404. The van der Waals surface area contributed by atoms with Crippen LogP contribution in [0.1, 0.15) is 34.1 Å². The lowest BCUT2D eigenvalue weighted by Gasteiger charge is -2.32. The molecule has 0 radical (unpaired) electrons. The summed E-state index contributed by atoms with van der Waals surface area (Å²) in [6, 6.07) is 0. The first kappa shape index (κ1) is 13.6. The molecule has 1 aromatic rings. The van der Waals surface area contributed by atoms with Crippen LogP contribution in [-0.2, 0) is 15.9 Å². The standard InChI is InChI=1S/C12H20BFN2O2/c1-11(2)12(3,4)18-13(17-11)10-8-15-16(9-10)7-5-6-14/h8-9H,5-7H2,1-4H3. The Morgan fingerprint density at radius 2 is 1.89 bits per heavy atom. The number of alkyl halides is 1. The zero-order valence-corrected chi connectivity index (χ0v) is 11.4. The predicted octanol–water partition coefficient (Wildman–Crippen LogP) is 1.54. The Morgan fingerprint density at radius 3 is 2.44 bits per heavy atom. The molecule has 0 unspecified atom stereocenters. The van der Waals surface area contributed by atoms with Gasteiger partial charge in [0, 0.05) is 24.4 Å². The molecule has 0 aromatic carbocycles. The zero-order chi connectivity index (χ0) is 13.4. The second-order valence-electron chi connectivity index (χ2n) is 5.67. The molecule has 0 saturated carbocycles. The van der Waals surface area contributed by atoms with E-state index in [1.165, 1.54) is 0 Å². The summed E-state index contributed by atoms with van der Waals surface area (Å²) >= 11 is 0. The van der Waals surface area contributed by atoms with E-state index < -0.39 is 7.12 Å². The highest BCUT2D eigenvalue weighted by molar-refractivity contribution is 6.61. The van der Waals surface area contributed by atoms with Crippen LogP contribution in [0.2, 0.25) is 0 Å². The number of hydrogen-bond acceptors (Lipinski definition) is 3. The first-order valence-corrected chi connectivity index (χ1v) is 6.30. The zero-order valence-electron chi connectivity index (χ0n) is 11.4. The van der Waals surface area contributed by atoms with E-state index in [2.05, 4.69) is 5.10 Å². The average molecular weight is 254 g/mol. The lowest BCUT2D eigenvalue weighted by molar-refractivity contribution is 0.00578. The Labute approximate surface area is 108 Å². The minimum Gasteiger partial charge on any atom is -0.399 e. The van der Waals surface area contributed by atoms with Gasteiger partial charge in [-0.2, -0.15) is 5.10 Å². The molecule has 1 aromatic heterocycles. The molecular formula is C12H20BFN2O2. The number of halogens is 1. The van der Waals surface area contributed by atoms with Crippen LogP contribution in [0.4, 0.5) is 4.39 Å². The van der Waals surface area contributed by atoms with Crippen molar-refractivity contribution in [1.82, 2.24) is 9.78 Å². The highest BCUT2D eigenvalue weighted by Gasteiger charge is 2.52. The Balaban J connectivity index is 2.07. The fourth-order valence-electron chi connectivity index (χ4n) is 1.82. The maximum absolute atomic E-state index is 12.1. The first-order valence-electron chi connectivity index (χ1n) is 6.30. The van der Waals surface area contributed by atoms with Gasteiger partial charge in [-0.25, -0.2) is 0 Å². The van der Waals surface area contributed by atoms with Gasteiger partial charge in [-0.05, 0) is 34.1 Å². The summed E-state index contributed by atoms with van der Waals surface area (Å²) in [6.45, 7) is 8.31. The summed E-state index contributed by atoms with van der Waals surface area (Å²) in [7, 11) is -0.394. The fourth-order valence-corrected chi connectivity index (χ4v) is 1.82. The van der Waals surface area contributed by atoms with Crippen LogP contribution in [0, 0.1) is 0 Å². The van der Waals surface area contributed by atoms with Crippen molar-refractivity contribution >= 4 is 12.6 Å². The van der Waals surface area contributed by atoms with Crippen molar-refractivity contribution in [3.8, 4) is 0 Å². The number of rotatable bonds is 4. The SMILES string of the molecule is CC1(C)OB(c2cnn(CCCF)c2)OC1(C)C. The van der Waals surface area contributed by atoms with Gasteiger partial charge in [-0.3, -0.25) is 9.07 Å². The minimum atomic E-state index is -0.394. The molecule has 0 amide bonds. The number of aromatic nitrogens is 2.